The van der Waals surface area contributed by atoms with Gasteiger partial charge < -0.3 is 5.32 Å². The first-order chi connectivity index (χ1) is 7.29. The maximum atomic E-state index is 5.87. The highest BCUT2D eigenvalue weighted by Crippen LogP contribution is 2.43. The van der Waals surface area contributed by atoms with Crippen molar-refractivity contribution in [2.24, 2.45) is 5.92 Å². The van der Waals surface area contributed by atoms with E-state index in [2.05, 4.69) is 17.4 Å². The van der Waals surface area contributed by atoms with E-state index in [0.29, 0.717) is 0 Å². The van der Waals surface area contributed by atoms with Crippen molar-refractivity contribution in [1.82, 2.24) is 5.32 Å². The first-order valence-corrected chi connectivity index (χ1v) is 6.07. The van der Waals surface area contributed by atoms with Crippen molar-refractivity contribution in [2.45, 2.75) is 25.2 Å². The van der Waals surface area contributed by atoms with Gasteiger partial charge in [0.15, 0.2) is 0 Å². The Bertz CT molecular complexity index is 301. The largest absolute Gasteiger partial charge is 0.320 e. The molecule has 0 unspecified atom stereocenters. The fourth-order valence-electron chi connectivity index (χ4n) is 2.33. The van der Waals surface area contributed by atoms with Crippen LogP contribution in [0.4, 0.5) is 0 Å². The van der Waals surface area contributed by atoms with E-state index in [4.69, 9.17) is 11.6 Å². The van der Waals surface area contributed by atoms with E-state index in [1.54, 1.807) is 0 Å². The molecule has 15 heavy (non-hydrogen) atoms. The summed E-state index contributed by atoms with van der Waals surface area (Å²) in [6.07, 6.45) is 4.02. The van der Waals surface area contributed by atoms with Gasteiger partial charge in [-0.05, 0) is 62.4 Å². The Morgan fingerprint density at radius 2 is 1.93 bits per heavy atom. The van der Waals surface area contributed by atoms with E-state index in [0.717, 1.165) is 23.4 Å². The van der Waals surface area contributed by atoms with Crippen molar-refractivity contribution in [3.05, 3.63) is 34.9 Å². The van der Waals surface area contributed by atoms with Crippen LogP contribution in [0.2, 0.25) is 5.02 Å². The fraction of sp³-hybridized carbons (Fsp3) is 0.538. The second-order valence-electron chi connectivity index (χ2n) is 4.48. The molecule has 1 aliphatic rings. The van der Waals surface area contributed by atoms with Crippen molar-refractivity contribution in [2.75, 3.05) is 13.6 Å². The molecule has 1 aromatic rings. The molecule has 1 saturated carbocycles. The van der Waals surface area contributed by atoms with Crippen molar-refractivity contribution in [3.8, 4) is 0 Å². The minimum Gasteiger partial charge on any atom is -0.320 e. The highest BCUT2D eigenvalue weighted by molar-refractivity contribution is 6.30. The van der Waals surface area contributed by atoms with Gasteiger partial charge in [0.25, 0.3) is 0 Å². The number of hydrogen-bond donors (Lipinski definition) is 1. The summed E-state index contributed by atoms with van der Waals surface area (Å²) in [5.74, 6) is 1.71. The number of nitrogens with one attached hydrogen (secondary N) is 1. The summed E-state index contributed by atoms with van der Waals surface area (Å²) in [7, 11) is 2.02. The quantitative estimate of drug-likeness (QED) is 0.825. The van der Waals surface area contributed by atoms with Gasteiger partial charge in [0.05, 0.1) is 0 Å². The van der Waals surface area contributed by atoms with Gasteiger partial charge in [-0.1, -0.05) is 23.7 Å². The maximum Gasteiger partial charge on any atom is 0.0406 e. The Morgan fingerprint density at radius 3 is 2.53 bits per heavy atom. The minimum absolute atomic E-state index is 0.782. The van der Waals surface area contributed by atoms with E-state index in [-0.39, 0.29) is 0 Å². The molecule has 0 atom stereocenters. The lowest BCUT2D eigenvalue weighted by Gasteiger charge is -2.35. The molecule has 1 nitrogen and oxygen atoms in total. The molecule has 0 radical (unpaired) electrons. The molecule has 0 amide bonds. The van der Waals surface area contributed by atoms with Gasteiger partial charge in [-0.3, -0.25) is 0 Å². The van der Waals surface area contributed by atoms with Gasteiger partial charge in [0.1, 0.15) is 0 Å². The van der Waals surface area contributed by atoms with Crippen molar-refractivity contribution in [1.29, 1.82) is 0 Å². The third-order valence-electron chi connectivity index (χ3n) is 3.38. The second-order valence-corrected chi connectivity index (χ2v) is 4.91. The minimum atomic E-state index is 0.782. The van der Waals surface area contributed by atoms with Crippen LogP contribution in [0.25, 0.3) is 0 Å². The maximum absolute atomic E-state index is 5.87. The summed E-state index contributed by atoms with van der Waals surface area (Å²) < 4.78 is 0. The van der Waals surface area contributed by atoms with Crippen LogP contribution >= 0.6 is 11.6 Å². The molecule has 1 aliphatic carbocycles. The molecule has 0 saturated heterocycles. The van der Waals surface area contributed by atoms with Crippen molar-refractivity contribution in [3.63, 3.8) is 0 Å². The smallest absolute Gasteiger partial charge is 0.0406 e. The van der Waals surface area contributed by atoms with Crippen LogP contribution < -0.4 is 5.32 Å². The Balaban J connectivity index is 1.81. The first-order valence-electron chi connectivity index (χ1n) is 5.69. The summed E-state index contributed by atoms with van der Waals surface area (Å²) in [5, 5.41) is 4.05. The lowest BCUT2D eigenvalue weighted by molar-refractivity contribution is 0.247. The summed E-state index contributed by atoms with van der Waals surface area (Å²) in [5.41, 5.74) is 1.46. The van der Waals surface area contributed by atoms with E-state index in [1.165, 1.54) is 24.8 Å². The Morgan fingerprint density at radius 1 is 1.27 bits per heavy atom. The van der Waals surface area contributed by atoms with Gasteiger partial charge in [0.2, 0.25) is 0 Å². The van der Waals surface area contributed by atoms with Gasteiger partial charge in [-0.2, -0.15) is 0 Å². The summed E-state index contributed by atoms with van der Waals surface area (Å²) >= 11 is 5.87. The average molecular weight is 224 g/mol. The fourth-order valence-corrected chi connectivity index (χ4v) is 2.45. The molecule has 2 rings (SSSR count). The molecule has 0 heterocycles. The molecular formula is C13H18ClN. The summed E-state index contributed by atoms with van der Waals surface area (Å²) in [6, 6.07) is 8.33. The number of hydrogen-bond acceptors (Lipinski definition) is 1. The Kier molecular flexibility index (Phi) is 3.66. The van der Waals surface area contributed by atoms with Gasteiger partial charge in [0, 0.05) is 5.02 Å². The molecule has 0 aliphatic heterocycles. The molecule has 0 spiro atoms. The normalized spacial score (nSPS) is 24.9. The highest BCUT2D eigenvalue weighted by Gasteiger charge is 2.29. The van der Waals surface area contributed by atoms with E-state index in [1.807, 2.05) is 19.2 Å². The van der Waals surface area contributed by atoms with Gasteiger partial charge >= 0.3 is 0 Å². The molecule has 2 heteroatoms. The summed E-state index contributed by atoms with van der Waals surface area (Å²) in [6.45, 7) is 1.15. The molecule has 0 aromatic heterocycles. The van der Waals surface area contributed by atoms with Crippen LogP contribution in [0.5, 0.6) is 0 Å². The first kappa shape index (κ1) is 11.0. The van der Waals surface area contributed by atoms with Crippen LogP contribution in [0, 0.1) is 5.92 Å². The van der Waals surface area contributed by atoms with Crippen molar-refractivity contribution >= 4 is 11.6 Å². The lowest BCUT2D eigenvalue weighted by atomic mass is 9.70. The molecular weight excluding hydrogens is 206 g/mol. The van der Waals surface area contributed by atoms with Crippen molar-refractivity contribution < 1.29 is 0 Å². The zero-order valence-corrected chi connectivity index (χ0v) is 9.93. The molecule has 0 bridgehead atoms. The van der Waals surface area contributed by atoms with Crippen LogP contribution in [-0.2, 0) is 0 Å². The van der Waals surface area contributed by atoms with E-state index >= 15 is 0 Å². The molecule has 1 aromatic carbocycles. The zero-order chi connectivity index (χ0) is 10.7. The number of rotatable bonds is 4. The zero-order valence-electron chi connectivity index (χ0n) is 9.17. The molecule has 82 valence electrons. The lowest BCUT2D eigenvalue weighted by Crippen LogP contribution is -2.25. The Hall–Kier alpha value is -0.530. The summed E-state index contributed by atoms with van der Waals surface area (Å²) in [4.78, 5) is 0. The number of halogens is 1. The third-order valence-corrected chi connectivity index (χ3v) is 3.63. The van der Waals surface area contributed by atoms with Crippen LogP contribution in [0.15, 0.2) is 24.3 Å². The van der Waals surface area contributed by atoms with Crippen LogP contribution in [0.1, 0.15) is 30.7 Å². The second kappa shape index (κ2) is 5.00. The average Bonchev–Trinajstić information content (AvgIpc) is 2.18. The van der Waals surface area contributed by atoms with E-state index < -0.39 is 0 Å². The Labute approximate surface area is 96.8 Å². The predicted molar refractivity (Wildman–Crippen MR) is 65.5 cm³/mol. The topological polar surface area (TPSA) is 12.0 Å². The van der Waals surface area contributed by atoms with E-state index in [9.17, 15) is 0 Å². The molecule has 1 fully saturated rings. The van der Waals surface area contributed by atoms with Crippen LogP contribution in [0.3, 0.4) is 0 Å². The predicted octanol–water partition coefficient (Wildman–Crippen LogP) is 3.44. The van der Waals surface area contributed by atoms with Gasteiger partial charge in [-0.15, -0.1) is 0 Å². The van der Waals surface area contributed by atoms with Gasteiger partial charge in [-0.25, -0.2) is 0 Å². The van der Waals surface area contributed by atoms with Crippen LogP contribution in [-0.4, -0.2) is 13.6 Å². The third kappa shape index (κ3) is 2.73. The highest BCUT2D eigenvalue weighted by atomic mass is 35.5. The molecule has 1 N–H and O–H groups in total. The monoisotopic (exact) mass is 223 g/mol. The SMILES string of the molecule is CNCCC1CC(c2ccc(Cl)cc2)C1. The number of benzene rings is 1. The standard InChI is InChI=1S/C13H18ClN/c1-15-7-6-10-8-12(9-10)11-2-4-13(14)5-3-11/h2-5,10,12,15H,6-9H2,1H3.